The van der Waals surface area contributed by atoms with Crippen molar-refractivity contribution in [1.29, 1.82) is 5.26 Å². The Morgan fingerprint density at radius 3 is 2.30 bits per heavy atom. The molecule has 0 amide bonds. The van der Waals surface area contributed by atoms with Crippen LogP contribution in [0.4, 0.5) is 5.69 Å². The Balaban J connectivity index is 2.10. The average molecular weight is 280 g/mol. The van der Waals surface area contributed by atoms with Gasteiger partial charge in [0.25, 0.3) is 0 Å². The monoisotopic (exact) mass is 280 g/mol. The van der Waals surface area contributed by atoms with Crippen LogP contribution >= 0.6 is 0 Å². The number of benzene rings is 1. The number of rotatable bonds is 10. The molecule has 6 nitrogen and oxygen atoms in total. The summed E-state index contributed by atoms with van der Waals surface area (Å²) in [6, 6.07) is 6.94. The summed E-state index contributed by atoms with van der Waals surface area (Å²) in [7, 11) is 1.63. The SMILES string of the molecule is COCCOCCOCCOc1cc(N)cc(C#N)c1. The molecule has 0 aliphatic rings. The van der Waals surface area contributed by atoms with Crippen molar-refractivity contribution in [3.63, 3.8) is 0 Å². The summed E-state index contributed by atoms with van der Waals surface area (Å²) in [6.45, 7) is 3.03. The average Bonchev–Trinajstić information content (AvgIpc) is 2.45. The third kappa shape index (κ3) is 6.95. The van der Waals surface area contributed by atoms with E-state index in [4.69, 9.17) is 29.9 Å². The molecular weight excluding hydrogens is 260 g/mol. The standard InChI is InChI=1S/C14H20N2O4/c1-17-2-3-18-4-5-19-6-7-20-14-9-12(11-15)8-13(16)10-14/h8-10H,2-7,16H2,1H3. The first kappa shape index (κ1) is 16.2. The highest BCUT2D eigenvalue weighted by atomic mass is 16.6. The minimum Gasteiger partial charge on any atom is -0.491 e. The van der Waals surface area contributed by atoms with E-state index in [1.807, 2.05) is 6.07 Å². The summed E-state index contributed by atoms with van der Waals surface area (Å²) in [6.07, 6.45) is 0. The second-order valence-electron chi connectivity index (χ2n) is 3.97. The van der Waals surface area contributed by atoms with Gasteiger partial charge in [0.15, 0.2) is 0 Å². The Hall–Kier alpha value is -1.81. The first-order valence-electron chi connectivity index (χ1n) is 6.34. The Morgan fingerprint density at radius 2 is 1.65 bits per heavy atom. The van der Waals surface area contributed by atoms with Crippen LogP contribution in [0.3, 0.4) is 0 Å². The Kier molecular flexibility index (Phi) is 8.15. The van der Waals surface area contributed by atoms with Crippen LogP contribution in [0.2, 0.25) is 0 Å². The fourth-order valence-corrected chi connectivity index (χ4v) is 1.45. The van der Waals surface area contributed by atoms with Gasteiger partial charge in [0.05, 0.1) is 44.7 Å². The van der Waals surface area contributed by atoms with Crippen molar-refractivity contribution in [3.05, 3.63) is 23.8 Å². The molecular formula is C14H20N2O4. The van der Waals surface area contributed by atoms with Crippen LogP contribution in [-0.4, -0.2) is 46.8 Å². The molecule has 0 fully saturated rings. The molecule has 0 heterocycles. The number of hydrogen-bond donors (Lipinski definition) is 1. The van der Waals surface area contributed by atoms with Gasteiger partial charge in [0.2, 0.25) is 0 Å². The molecule has 0 aliphatic carbocycles. The van der Waals surface area contributed by atoms with Crippen molar-refractivity contribution in [2.45, 2.75) is 0 Å². The maximum absolute atomic E-state index is 8.81. The predicted molar refractivity (Wildman–Crippen MR) is 74.6 cm³/mol. The number of anilines is 1. The molecule has 1 aromatic rings. The quantitative estimate of drug-likeness (QED) is 0.512. The molecule has 20 heavy (non-hydrogen) atoms. The molecule has 1 rings (SSSR count). The third-order valence-corrected chi connectivity index (χ3v) is 2.36. The van der Waals surface area contributed by atoms with Crippen molar-refractivity contribution in [1.82, 2.24) is 0 Å². The zero-order valence-electron chi connectivity index (χ0n) is 11.6. The van der Waals surface area contributed by atoms with E-state index >= 15 is 0 Å². The zero-order chi connectivity index (χ0) is 14.6. The van der Waals surface area contributed by atoms with Gasteiger partial charge in [-0.05, 0) is 12.1 Å². The van der Waals surface area contributed by atoms with E-state index < -0.39 is 0 Å². The van der Waals surface area contributed by atoms with Crippen molar-refractivity contribution in [2.24, 2.45) is 0 Å². The van der Waals surface area contributed by atoms with E-state index in [1.165, 1.54) is 0 Å². The lowest BCUT2D eigenvalue weighted by atomic mass is 10.2. The van der Waals surface area contributed by atoms with Gasteiger partial charge in [-0.25, -0.2) is 0 Å². The Labute approximate surface area is 119 Å². The van der Waals surface area contributed by atoms with Gasteiger partial charge in [0.1, 0.15) is 12.4 Å². The summed E-state index contributed by atoms with van der Waals surface area (Å²) in [5, 5.41) is 8.81. The number of nitrogens with zero attached hydrogens (tertiary/aromatic N) is 1. The van der Waals surface area contributed by atoms with E-state index in [0.717, 1.165) is 0 Å². The zero-order valence-corrected chi connectivity index (χ0v) is 11.6. The highest BCUT2D eigenvalue weighted by molar-refractivity contribution is 5.51. The molecule has 0 aromatic heterocycles. The topological polar surface area (TPSA) is 86.7 Å². The molecule has 0 unspecified atom stereocenters. The molecule has 1 aromatic carbocycles. The summed E-state index contributed by atoms with van der Waals surface area (Å²) in [5.74, 6) is 0.571. The number of ether oxygens (including phenoxy) is 4. The second-order valence-corrected chi connectivity index (χ2v) is 3.97. The molecule has 0 radical (unpaired) electrons. The lowest BCUT2D eigenvalue weighted by Crippen LogP contribution is -2.12. The van der Waals surface area contributed by atoms with Crippen LogP contribution in [0.25, 0.3) is 0 Å². The lowest BCUT2D eigenvalue weighted by molar-refractivity contribution is 0.0180. The van der Waals surface area contributed by atoms with E-state index in [1.54, 1.807) is 25.3 Å². The van der Waals surface area contributed by atoms with Gasteiger partial charge in [-0.15, -0.1) is 0 Å². The number of methoxy groups -OCH3 is 1. The van der Waals surface area contributed by atoms with Crippen molar-refractivity contribution in [3.8, 4) is 11.8 Å². The molecule has 0 spiro atoms. The van der Waals surface area contributed by atoms with Crippen molar-refractivity contribution < 1.29 is 18.9 Å². The predicted octanol–water partition coefficient (Wildman–Crippen LogP) is 1.20. The van der Waals surface area contributed by atoms with E-state index in [2.05, 4.69) is 0 Å². The Morgan fingerprint density at radius 1 is 1.00 bits per heavy atom. The van der Waals surface area contributed by atoms with E-state index in [-0.39, 0.29) is 0 Å². The summed E-state index contributed by atoms with van der Waals surface area (Å²) >= 11 is 0. The largest absolute Gasteiger partial charge is 0.491 e. The van der Waals surface area contributed by atoms with Gasteiger partial charge in [-0.2, -0.15) is 5.26 Å². The minimum absolute atomic E-state index is 0.395. The van der Waals surface area contributed by atoms with Gasteiger partial charge in [0, 0.05) is 18.9 Å². The molecule has 2 N–H and O–H groups in total. The summed E-state index contributed by atoms with van der Waals surface area (Å²) in [4.78, 5) is 0. The normalized spacial score (nSPS) is 10.2. The van der Waals surface area contributed by atoms with Crippen molar-refractivity contribution in [2.75, 3.05) is 52.5 Å². The fourth-order valence-electron chi connectivity index (χ4n) is 1.45. The molecule has 0 saturated carbocycles. The van der Waals surface area contributed by atoms with Gasteiger partial charge in [-0.3, -0.25) is 0 Å². The van der Waals surface area contributed by atoms with Crippen LogP contribution in [0, 0.1) is 11.3 Å². The number of nitriles is 1. The first-order chi connectivity index (χ1) is 9.76. The maximum atomic E-state index is 8.81. The van der Waals surface area contributed by atoms with Gasteiger partial charge in [-0.1, -0.05) is 0 Å². The van der Waals surface area contributed by atoms with Gasteiger partial charge >= 0.3 is 0 Å². The van der Waals surface area contributed by atoms with Crippen LogP contribution in [0.15, 0.2) is 18.2 Å². The van der Waals surface area contributed by atoms with E-state index in [9.17, 15) is 0 Å². The van der Waals surface area contributed by atoms with E-state index in [0.29, 0.717) is 56.6 Å². The highest BCUT2D eigenvalue weighted by Gasteiger charge is 1.99. The molecule has 6 heteroatoms. The number of nitrogens with two attached hydrogens (primary N) is 1. The third-order valence-electron chi connectivity index (χ3n) is 2.36. The summed E-state index contributed by atoms with van der Waals surface area (Å²) in [5.41, 5.74) is 6.64. The number of hydrogen-bond acceptors (Lipinski definition) is 6. The molecule has 0 atom stereocenters. The molecule has 0 aliphatic heterocycles. The van der Waals surface area contributed by atoms with Crippen LogP contribution in [0.1, 0.15) is 5.56 Å². The highest BCUT2D eigenvalue weighted by Crippen LogP contribution is 2.18. The fraction of sp³-hybridized carbons (Fsp3) is 0.500. The smallest absolute Gasteiger partial charge is 0.122 e. The molecule has 0 bridgehead atoms. The van der Waals surface area contributed by atoms with Crippen LogP contribution in [0.5, 0.6) is 5.75 Å². The number of nitrogen functional groups attached to an aromatic ring is 1. The van der Waals surface area contributed by atoms with Crippen LogP contribution in [-0.2, 0) is 14.2 Å². The molecule has 110 valence electrons. The maximum Gasteiger partial charge on any atom is 0.122 e. The van der Waals surface area contributed by atoms with Crippen molar-refractivity contribution >= 4 is 5.69 Å². The second kappa shape index (κ2) is 10.0. The summed E-state index contributed by atoms with van der Waals surface area (Å²) < 4.78 is 20.9. The first-order valence-corrected chi connectivity index (χ1v) is 6.34. The minimum atomic E-state index is 0.395. The van der Waals surface area contributed by atoms with Crippen LogP contribution < -0.4 is 10.5 Å². The van der Waals surface area contributed by atoms with Gasteiger partial charge < -0.3 is 24.7 Å². The lowest BCUT2D eigenvalue weighted by Gasteiger charge is -2.08. The Bertz CT molecular complexity index is 432. The molecule has 0 saturated heterocycles.